The van der Waals surface area contributed by atoms with Crippen molar-refractivity contribution >= 4 is 11.8 Å². The van der Waals surface area contributed by atoms with Gasteiger partial charge in [-0.15, -0.1) is 0 Å². The Balaban J connectivity index is 1.56. The van der Waals surface area contributed by atoms with Crippen LogP contribution in [0.2, 0.25) is 0 Å². The average Bonchev–Trinajstić information content (AvgIpc) is 3.40. The molecular formula is C28H32FN3O3. The molecule has 1 fully saturated rings. The van der Waals surface area contributed by atoms with E-state index in [2.05, 4.69) is 36.5 Å². The fourth-order valence-corrected chi connectivity index (χ4v) is 4.63. The van der Waals surface area contributed by atoms with E-state index in [9.17, 15) is 14.0 Å². The van der Waals surface area contributed by atoms with Crippen molar-refractivity contribution in [2.24, 2.45) is 0 Å². The number of hydrogen-bond acceptors (Lipinski definition) is 4. The van der Waals surface area contributed by atoms with Crippen molar-refractivity contribution in [1.82, 2.24) is 15.4 Å². The van der Waals surface area contributed by atoms with Crippen molar-refractivity contribution in [2.75, 3.05) is 6.54 Å². The van der Waals surface area contributed by atoms with Gasteiger partial charge in [0.25, 0.3) is 0 Å². The number of carbonyl (C=O) groups excluding carboxylic acids is 2. The number of nitrogens with zero attached hydrogens (tertiary/aromatic N) is 2. The van der Waals surface area contributed by atoms with Gasteiger partial charge >= 0.3 is 0 Å². The lowest BCUT2D eigenvalue weighted by atomic mass is 9.95. The van der Waals surface area contributed by atoms with E-state index in [0.717, 1.165) is 11.1 Å². The molecule has 35 heavy (non-hydrogen) atoms. The van der Waals surface area contributed by atoms with Crippen LogP contribution in [0.4, 0.5) is 4.39 Å². The standard InChI is InChI=1S/C28H32FN3O3/c1-17(2)20-10-12-22(13-11-20)27(21-8-6-5-7-9-21)30-28(34)25-14-23(29)16-32(25)26(33)15-24-18(3)31-35-19(24)4/h5-13,17,23,25,27H,14-16H2,1-4H3,(H,30,34)/t23-,25+,27+/m1/s1. The fraction of sp³-hybridized carbons (Fsp3) is 0.393. The second kappa shape index (κ2) is 10.4. The second-order valence-corrected chi connectivity index (χ2v) is 9.55. The molecule has 2 amide bonds. The van der Waals surface area contributed by atoms with Crippen molar-refractivity contribution < 1.29 is 18.5 Å². The van der Waals surface area contributed by atoms with Crippen LogP contribution < -0.4 is 5.32 Å². The molecule has 1 aliphatic rings. The van der Waals surface area contributed by atoms with E-state index in [-0.39, 0.29) is 31.2 Å². The normalized spacial score (nSPS) is 18.6. The maximum atomic E-state index is 14.5. The molecule has 0 saturated carbocycles. The molecule has 4 rings (SSSR count). The van der Waals surface area contributed by atoms with Gasteiger partial charge in [-0.25, -0.2) is 4.39 Å². The van der Waals surface area contributed by atoms with E-state index in [1.165, 1.54) is 10.5 Å². The first-order valence-electron chi connectivity index (χ1n) is 12.0. The Bertz CT molecular complexity index is 1150. The van der Waals surface area contributed by atoms with Gasteiger partial charge in [0.1, 0.15) is 18.0 Å². The molecular weight excluding hydrogens is 445 g/mol. The van der Waals surface area contributed by atoms with Crippen LogP contribution in [-0.4, -0.2) is 40.6 Å². The highest BCUT2D eigenvalue weighted by Crippen LogP contribution is 2.27. The Morgan fingerprint density at radius 2 is 1.69 bits per heavy atom. The van der Waals surface area contributed by atoms with Crippen LogP contribution in [0, 0.1) is 13.8 Å². The molecule has 0 spiro atoms. The topological polar surface area (TPSA) is 75.4 Å². The number of rotatable bonds is 7. The lowest BCUT2D eigenvalue weighted by molar-refractivity contribution is -0.138. The van der Waals surface area contributed by atoms with Crippen molar-refractivity contribution in [3.8, 4) is 0 Å². The van der Waals surface area contributed by atoms with E-state index in [1.807, 2.05) is 42.5 Å². The Labute approximate surface area is 205 Å². The zero-order valence-corrected chi connectivity index (χ0v) is 20.6. The molecule has 1 saturated heterocycles. The molecule has 0 aliphatic carbocycles. The Morgan fingerprint density at radius 1 is 1.06 bits per heavy atom. The maximum absolute atomic E-state index is 14.5. The number of halogens is 1. The van der Waals surface area contributed by atoms with Gasteiger partial charge in [0.05, 0.1) is 24.7 Å². The number of nitrogens with one attached hydrogen (secondary N) is 1. The van der Waals surface area contributed by atoms with Crippen molar-refractivity contribution in [3.05, 3.63) is 88.3 Å². The van der Waals surface area contributed by atoms with Gasteiger partial charge in [-0.2, -0.15) is 0 Å². The van der Waals surface area contributed by atoms with Crippen molar-refractivity contribution in [2.45, 2.75) is 64.7 Å². The summed E-state index contributed by atoms with van der Waals surface area (Å²) < 4.78 is 19.6. The predicted octanol–water partition coefficient (Wildman–Crippen LogP) is 4.80. The summed E-state index contributed by atoms with van der Waals surface area (Å²) in [7, 11) is 0. The fourth-order valence-electron chi connectivity index (χ4n) is 4.63. The molecule has 1 N–H and O–H groups in total. The van der Waals surface area contributed by atoms with Gasteiger partial charge in [-0.3, -0.25) is 9.59 Å². The summed E-state index contributed by atoms with van der Waals surface area (Å²) in [4.78, 5) is 27.9. The van der Waals surface area contributed by atoms with Crippen LogP contribution in [0.5, 0.6) is 0 Å². The summed E-state index contributed by atoms with van der Waals surface area (Å²) in [5.41, 5.74) is 4.36. The molecule has 3 atom stereocenters. The van der Waals surface area contributed by atoms with Crippen LogP contribution >= 0.6 is 0 Å². The van der Waals surface area contributed by atoms with E-state index in [4.69, 9.17) is 4.52 Å². The highest BCUT2D eigenvalue weighted by atomic mass is 19.1. The van der Waals surface area contributed by atoms with E-state index >= 15 is 0 Å². The zero-order valence-electron chi connectivity index (χ0n) is 20.6. The number of alkyl halides is 1. The summed E-state index contributed by atoms with van der Waals surface area (Å²) >= 11 is 0. The third-order valence-corrected chi connectivity index (χ3v) is 6.74. The van der Waals surface area contributed by atoms with Gasteiger partial charge in [0.15, 0.2) is 0 Å². The SMILES string of the molecule is Cc1noc(C)c1CC(=O)N1C[C@H](F)C[C@H]1C(=O)N[C@@H](c1ccccc1)c1ccc(C(C)C)cc1. The van der Waals surface area contributed by atoms with E-state index in [1.54, 1.807) is 13.8 Å². The zero-order chi connectivity index (χ0) is 25.1. The molecule has 2 heterocycles. The maximum Gasteiger partial charge on any atom is 0.243 e. The molecule has 184 valence electrons. The molecule has 3 aromatic rings. The minimum absolute atomic E-state index is 0.0209. The average molecular weight is 478 g/mol. The number of aromatic nitrogens is 1. The highest BCUT2D eigenvalue weighted by molar-refractivity contribution is 5.89. The van der Waals surface area contributed by atoms with Gasteiger partial charge in [0.2, 0.25) is 11.8 Å². The van der Waals surface area contributed by atoms with Crippen molar-refractivity contribution in [3.63, 3.8) is 0 Å². The van der Waals surface area contributed by atoms with E-state index < -0.39 is 18.3 Å². The lowest BCUT2D eigenvalue weighted by Gasteiger charge is -2.27. The first-order valence-corrected chi connectivity index (χ1v) is 12.0. The Hall–Kier alpha value is -3.48. The van der Waals surface area contributed by atoms with Gasteiger partial charge in [-0.05, 0) is 36.5 Å². The number of likely N-dealkylation sites (tertiary alicyclic amines) is 1. The van der Waals surface area contributed by atoms with Gasteiger partial charge in [0, 0.05) is 12.0 Å². The smallest absolute Gasteiger partial charge is 0.243 e. The molecule has 0 bridgehead atoms. The number of carbonyl (C=O) groups is 2. The summed E-state index contributed by atoms with van der Waals surface area (Å²) in [6.07, 6.45) is -1.25. The first-order chi connectivity index (χ1) is 16.7. The molecule has 6 nitrogen and oxygen atoms in total. The second-order valence-electron chi connectivity index (χ2n) is 9.55. The van der Waals surface area contributed by atoms with Gasteiger partial charge in [-0.1, -0.05) is 73.6 Å². The molecule has 1 aromatic heterocycles. The largest absolute Gasteiger partial charge is 0.361 e. The monoisotopic (exact) mass is 477 g/mol. The third kappa shape index (κ3) is 5.45. The van der Waals surface area contributed by atoms with Crippen LogP contribution in [0.25, 0.3) is 0 Å². The summed E-state index contributed by atoms with van der Waals surface area (Å²) in [5, 5.41) is 6.99. The van der Waals surface area contributed by atoms with Gasteiger partial charge < -0.3 is 14.7 Å². The Morgan fingerprint density at radius 3 is 2.29 bits per heavy atom. The van der Waals surface area contributed by atoms with Crippen LogP contribution in [-0.2, 0) is 16.0 Å². The number of hydrogen-bond donors (Lipinski definition) is 1. The molecule has 0 unspecified atom stereocenters. The Kier molecular flexibility index (Phi) is 7.34. The molecule has 1 aliphatic heterocycles. The number of benzene rings is 2. The minimum atomic E-state index is -1.25. The lowest BCUT2D eigenvalue weighted by Crippen LogP contribution is -2.47. The summed E-state index contributed by atoms with van der Waals surface area (Å²) in [6, 6.07) is 16.5. The minimum Gasteiger partial charge on any atom is -0.361 e. The quantitative estimate of drug-likeness (QED) is 0.530. The van der Waals surface area contributed by atoms with Crippen LogP contribution in [0.1, 0.15) is 65.9 Å². The van der Waals surface area contributed by atoms with E-state index in [0.29, 0.717) is 22.9 Å². The molecule has 7 heteroatoms. The highest BCUT2D eigenvalue weighted by Gasteiger charge is 2.40. The summed E-state index contributed by atoms with van der Waals surface area (Å²) in [5.74, 6) is 0.282. The third-order valence-electron chi connectivity index (χ3n) is 6.74. The summed E-state index contributed by atoms with van der Waals surface area (Å²) in [6.45, 7) is 7.67. The van der Waals surface area contributed by atoms with Crippen LogP contribution in [0.3, 0.4) is 0 Å². The molecule has 2 aromatic carbocycles. The number of aryl methyl sites for hydroxylation is 2. The predicted molar refractivity (Wildman–Crippen MR) is 132 cm³/mol. The first kappa shape index (κ1) is 24.6. The number of amides is 2. The van der Waals surface area contributed by atoms with Crippen molar-refractivity contribution in [1.29, 1.82) is 0 Å². The van der Waals surface area contributed by atoms with Crippen LogP contribution in [0.15, 0.2) is 59.1 Å². The molecule has 0 radical (unpaired) electrons.